The average Bonchev–Trinajstić information content (AvgIpc) is 2.75. The van der Waals surface area contributed by atoms with Crippen LogP contribution in [-0.4, -0.2) is 24.6 Å². The van der Waals surface area contributed by atoms with E-state index in [1.165, 1.54) is 11.6 Å². The second-order valence-corrected chi connectivity index (χ2v) is 4.24. The molecule has 0 atom stereocenters. The van der Waals surface area contributed by atoms with E-state index < -0.39 is 0 Å². The summed E-state index contributed by atoms with van der Waals surface area (Å²) in [6.07, 6.45) is 2.32. The number of hydrogen-bond acceptors (Lipinski definition) is 3. The third-order valence-corrected chi connectivity index (χ3v) is 3.02. The van der Waals surface area contributed by atoms with E-state index in [9.17, 15) is 9.59 Å². The van der Waals surface area contributed by atoms with E-state index in [0.29, 0.717) is 23.6 Å². The van der Waals surface area contributed by atoms with Crippen LogP contribution in [0.5, 0.6) is 0 Å². The Balaban J connectivity index is 0.00000162. The van der Waals surface area contributed by atoms with E-state index >= 15 is 0 Å². The van der Waals surface area contributed by atoms with E-state index in [-0.39, 0.29) is 23.7 Å². The van der Waals surface area contributed by atoms with Gasteiger partial charge in [-0.2, -0.15) is 0 Å². The lowest BCUT2D eigenvalue weighted by atomic mass is 10.4. The molecule has 100 valence electrons. The highest BCUT2D eigenvalue weighted by atomic mass is 35.5. The molecule has 0 radical (unpaired) electrons. The van der Waals surface area contributed by atoms with E-state index in [4.69, 9.17) is 11.6 Å². The zero-order valence-electron chi connectivity index (χ0n) is 10.1. The zero-order valence-corrected chi connectivity index (χ0v) is 11.7. The van der Waals surface area contributed by atoms with E-state index in [1.54, 1.807) is 17.9 Å². The van der Waals surface area contributed by atoms with Crippen molar-refractivity contribution in [1.29, 1.82) is 0 Å². The molecule has 2 aromatic heterocycles. The summed E-state index contributed by atoms with van der Waals surface area (Å²) in [5, 5.41) is 0. The molecule has 6 nitrogen and oxygen atoms in total. The largest absolute Gasteiger partial charge is 0.332 e. The third-order valence-electron chi connectivity index (χ3n) is 2.75. The molecule has 2 aromatic rings. The number of hydrogen-bond donors (Lipinski definition) is 0. The molecule has 0 spiro atoms. The molecule has 0 fully saturated rings. The fourth-order valence-corrected chi connectivity index (χ4v) is 1.92. The first-order valence-electron chi connectivity index (χ1n) is 5.24. The molecule has 2 heterocycles. The smallest absolute Gasteiger partial charge is 0.325 e. The van der Waals surface area contributed by atoms with E-state index in [0.717, 1.165) is 11.0 Å². The molecule has 0 saturated carbocycles. The van der Waals surface area contributed by atoms with Gasteiger partial charge in [-0.3, -0.25) is 13.9 Å². The van der Waals surface area contributed by atoms with Crippen molar-refractivity contribution in [2.45, 2.75) is 13.0 Å². The number of alkyl halides is 1. The van der Waals surface area contributed by atoms with Gasteiger partial charge in [-0.1, -0.05) is 0 Å². The lowest BCUT2D eigenvalue weighted by molar-refractivity contribution is 0.678. The normalized spacial score (nSPS) is 10.6. The molecule has 0 saturated heterocycles. The van der Waals surface area contributed by atoms with Crippen molar-refractivity contribution in [2.24, 2.45) is 14.1 Å². The summed E-state index contributed by atoms with van der Waals surface area (Å²) in [4.78, 5) is 27.8. The van der Waals surface area contributed by atoms with Gasteiger partial charge in [0.2, 0.25) is 0 Å². The van der Waals surface area contributed by atoms with Crippen molar-refractivity contribution in [3.05, 3.63) is 27.2 Å². The van der Waals surface area contributed by atoms with Gasteiger partial charge in [0.05, 0.1) is 6.33 Å². The molecule has 0 aliphatic rings. The standard InChI is InChI=1S/C10H13ClN4O2.ClH/c1-13-8-7(9(16)14(2)10(13)17)15(6-12-8)5-3-4-11;/h6H,3-5H2,1-2H3;1H. The Morgan fingerprint density at radius 3 is 2.56 bits per heavy atom. The van der Waals surface area contributed by atoms with Gasteiger partial charge in [0.25, 0.3) is 5.56 Å². The van der Waals surface area contributed by atoms with Gasteiger partial charge in [-0.15, -0.1) is 24.0 Å². The highest BCUT2D eigenvalue weighted by molar-refractivity contribution is 6.17. The Morgan fingerprint density at radius 2 is 1.94 bits per heavy atom. The molecule has 0 N–H and O–H groups in total. The number of fused-ring (bicyclic) bond motifs is 1. The summed E-state index contributed by atoms with van der Waals surface area (Å²) in [5.74, 6) is 0.520. The molecule has 18 heavy (non-hydrogen) atoms. The predicted molar refractivity (Wildman–Crippen MR) is 72.8 cm³/mol. The molecule has 0 amide bonds. The zero-order chi connectivity index (χ0) is 12.6. The van der Waals surface area contributed by atoms with Crippen molar-refractivity contribution >= 4 is 35.2 Å². The van der Waals surface area contributed by atoms with Gasteiger partial charge in [0, 0.05) is 26.5 Å². The Labute approximate surface area is 114 Å². The first-order valence-corrected chi connectivity index (χ1v) is 5.78. The monoisotopic (exact) mass is 292 g/mol. The Kier molecular flexibility index (Phi) is 4.59. The topological polar surface area (TPSA) is 61.8 Å². The quantitative estimate of drug-likeness (QED) is 0.774. The van der Waals surface area contributed by atoms with E-state index in [2.05, 4.69) is 4.98 Å². The summed E-state index contributed by atoms with van der Waals surface area (Å²) in [7, 11) is 3.06. The number of aromatic nitrogens is 4. The Morgan fingerprint density at radius 1 is 1.28 bits per heavy atom. The van der Waals surface area contributed by atoms with Crippen molar-refractivity contribution in [3.8, 4) is 0 Å². The molecule has 0 aliphatic carbocycles. The maximum Gasteiger partial charge on any atom is 0.332 e. The van der Waals surface area contributed by atoms with Crippen LogP contribution in [0.15, 0.2) is 15.9 Å². The minimum Gasteiger partial charge on any atom is -0.325 e. The fraction of sp³-hybridized carbons (Fsp3) is 0.500. The van der Waals surface area contributed by atoms with Gasteiger partial charge < -0.3 is 4.57 Å². The van der Waals surface area contributed by atoms with Crippen molar-refractivity contribution in [1.82, 2.24) is 18.7 Å². The summed E-state index contributed by atoms with van der Waals surface area (Å²) in [6.45, 7) is 0.618. The molecule has 0 aliphatic heterocycles. The highest BCUT2D eigenvalue weighted by Gasteiger charge is 2.13. The molecular formula is C10H14Cl2N4O2. The van der Waals surface area contributed by atoms with E-state index in [1.807, 2.05) is 0 Å². The van der Waals surface area contributed by atoms with Crippen LogP contribution in [0.2, 0.25) is 0 Å². The molecule has 0 aromatic carbocycles. The molecule has 0 bridgehead atoms. The molecular weight excluding hydrogens is 279 g/mol. The van der Waals surface area contributed by atoms with Crippen LogP contribution in [0.3, 0.4) is 0 Å². The molecule has 8 heteroatoms. The molecule has 2 rings (SSSR count). The molecule has 0 unspecified atom stereocenters. The Bertz CT molecular complexity index is 671. The fourth-order valence-electron chi connectivity index (χ4n) is 1.80. The second-order valence-electron chi connectivity index (χ2n) is 3.86. The van der Waals surface area contributed by atoms with Crippen LogP contribution in [0.1, 0.15) is 6.42 Å². The summed E-state index contributed by atoms with van der Waals surface area (Å²) >= 11 is 5.62. The third kappa shape index (κ3) is 2.18. The van der Waals surface area contributed by atoms with Crippen LogP contribution in [0, 0.1) is 0 Å². The second kappa shape index (κ2) is 5.58. The first kappa shape index (κ1) is 14.8. The number of nitrogens with zero attached hydrogens (tertiary/aromatic N) is 4. The number of imidazole rings is 1. The minimum atomic E-state index is -0.370. The number of halogens is 2. The number of rotatable bonds is 3. The Hall–Kier alpha value is -1.27. The van der Waals surface area contributed by atoms with Gasteiger partial charge in [0.1, 0.15) is 0 Å². The predicted octanol–water partition coefficient (Wildman–Crippen LogP) is 0.484. The summed E-state index contributed by atoms with van der Waals surface area (Å²) < 4.78 is 4.19. The van der Waals surface area contributed by atoms with Gasteiger partial charge in [-0.05, 0) is 6.42 Å². The van der Waals surface area contributed by atoms with Crippen LogP contribution in [0.25, 0.3) is 11.2 Å². The lowest BCUT2D eigenvalue weighted by Gasteiger charge is -2.05. The maximum absolute atomic E-state index is 12.0. The van der Waals surface area contributed by atoms with Crippen LogP contribution in [-0.2, 0) is 20.6 Å². The lowest BCUT2D eigenvalue weighted by Crippen LogP contribution is -2.37. The SMILES string of the molecule is Cl.Cn1c(=O)c2c(ncn2CCCCl)n(C)c1=O. The van der Waals surface area contributed by atoms with Crippen molar-refractivity contribution in [2.75, 3.05) is 5.88 Å². The van der Waals surface area contributed by atoms with Crippen LogP contribution >= 0.6 is 24.0 Å². The summed E-state index contributed by atoms with van der Waals surface area (Å²) in [5.41, 5.74) is 0.160. The summed E-state index contributed by atoms with van der Waals surface area (Å²) in [6, 6.07) is 0. The van der Waals surface area contributed by atoms with Crippen molar-refractivity contribution in [3.63, 3.8) is 0 Å². The highest BCUT2D eigenvalue weighted by Crippen LogP contribution is 2.06. The average molecular weight is 293 g/mol. The van der Waals surface area contributed by atoms with Gasteiger partial charge in [0.15, 0.2) is 11.2 Å². The maximum atomic E-state index is 12.0. The van der Waals surface area contributed by atoms with Gasteiger partial charge in [-0.25, -0.2) is 9.78 Å². The number of aryl methyl sites for hydroxylation is 2. The minimum absolute atomic E-state index is 0. The first-order chi connectivity index (χ1) is 8.07. The van der Waals surface area contributed by atoms with Crippen molar-refractivity contribution < 1.29 is 0 Å². The van der Waals surface area contributed by atoms with Crippen LogP contribution in [0.4, 0.5) is 0 Å². The van der Waals surface area contributed by atoms with Crippen LogP contribution < -0.4 is 11.2 Å². The van der Waals surface area contributed by atoms with Gasteiger partial charge >= 0.3 is 5.69 Å².